The summed E-state index contributed by atoms with van der Waals surface area (Å²) < 4.78 is 6.87. The van der Waals surface area contributed by atoms with E-state index in [9.17, 15) is 0 Å². The van der Waals surface area contributed by atoms with E-state index in [2.05, 4.69) is 44.2 Å². The van der Waals surface area contributed by atoms with Gasteiger partial charge in [-0.25, -0.2) is 0 Å². The number of rotatable bonds is 8. The fourth-order valence-corrected chi connectivity index (χ4v) is 3.57. The van der Waals surface area contributed by atoms with Crippen LogP contribution in [0.15, 0.2) is 30.3 Å². The highest BCUT2D eigenvalue weighted by Gasteiger charge is 2.32. The number of benzene rings is 1. The second-order valence-electron chi connectivity index (χ2n) is 6.64. The van der Waals surface area contributed by atoms with Crippen molar-refractivity contribution in [2.45, 2.75) is 46.1 Å². The van der Waals surface area contributed by atoms with Gasteiger partial charge in [0.1, 0.15) is 19.6 Å². The number of nitrogens with zero attached hydrogens (tertiary/aromatic N) is 1. The van der Waals surface area contributed by atoms with Crippen LogP contribution >= 0.6 is 0 Å². The molecule has 0 spiro atoms. The van der Waals surface area contributed by atoms with Gasteiger partial charge in [-0.1, -0.05) is 57.0 Å². The molecule has 118 valence electrons. The SMILES string of the molecule is CCCCC(CC)C[N+]1(Cc2ccccc2)CCOCC1. The Balaban J connectivity index is 2.05. The first kappa shape index (κ1) is 16.5. The van der Waals surface area contributed by atoms with Crippen LogP contribution in [0.4, 0.5) is 0 Å². The summed E-state index contributed by atoms with van der Waals surface area (Å²) in [5.74, 6) is 0.867. The average Bonchev–Trinajstić information content (AvgIpc) is 2.53. The van der Waals surface area contributed by atoms with Gasteiger partial charge in [0.15, 0.2) is 0 Å². The van der Waals surface area contributed by atoms with Gasteiger partial charge >= 0.3 is 0 Å². The maximum atomic E-state index is 5.64. The summed E-state index contributed by atoms with van der Waals surface area (Å²) in [7, 11) is 0. The Hall–Kier alpha value is -0.860. The number of quaternary nitrogens is 1. The highest BCUT2D eigenvalue weighted by molar-refractivity contribution is 5.13. The second-order valence-corrected chi connectivity index (χ2v) is 6.64. The van der Waals surface area contributed by atoms with Crippen LogP contribution in [-0.4, -0.2) is 37.3 Å². The highest BCUT2D eigenvalue weighted by atomic mass is 16.5. The number of ether oxygens (including phenoxy) is 1. The zero-order valence-electron chi connectivity index (χ0n) is 13.9. The summed E-state index contributed by atoms with van der Waals surface area (Å²) in [6.45, 7) is 11.4. The van der Waals surface area contributed by atoms with Crippen molar-refractivity contribution in [1.82, 2.24) is 0 Å². The summed E-state index contributed by atoms with van der Waals surface area (Å²) >= 11 is 0. The molecule has 0 amide bonds. The van der Waals surface area contributed by atoms with Crippen molar-refractivity contribution < 1.29 is 9.22 Å². The molecule has 1 unspecified atom stereocenters. The summed E-state index contributed by atoms with van der Waals surface area (Å²) in [5.41, 5.74) is 1.48. The molecule has 0 aliphatic carbocycles. The van der Waals surface area contributed by atoms with Crippen LogP contribution in [0.2, 0.25) is 0 Å². The van der Waals surface area contributed by atoms with E-state index in [0.29, 0.717) is 0 Å². The molecule has 0 N–H and O–H groups in total. The molecule has 1 atom stereocenters. The van der Waals surface area contributed by atoms with Gasteiger partial charge in [-0.05, 0) is 12.8 Å². The van der Waals surface area contributed by atoms with Crippen LogP contribution in [0.3, 0.4) is 0 Å². The third kappa shape index (κ3) is 5.12. The number of unbranched alkanes of at least 4 members (excludes halogenated alkanes) is 1. The van der Waals surface area contributed by atoms with E-state index >= 15 is 0 Å². The van der Waals surface area contributed by atoms with E-state index < -0.39 is 0 Å². The molecule has 2 heteroatoms. The Kier molecular flexibility index (Phi) is 6.72. The van der Waals surface area contributed by atoms with E-state index in [1.165, 1.54) is 61.9 Å². The quantitative estimate of drug-likeness (QED) is 0.650. The van der Waals surface area contributed by atoms with E-state index in [1.807, 2.05) is 0 Å². The van der Waals surface area contributed by atoms with Crippen LogP contribution in [0.5, 0.6) is 0 Å². The topological polar surface area (TPSA) is 9.23 Å². The zero-order valence-corrected chi connectivity index (χ0v) is 13.9. The van der Waals surface area contributed by atoms with Crippen LogP contribution in [0, 0.1) is 5.92 Å². The zero-order chi connectivity index (χ0) is 15.0. The lowest BCUT2D eigenvalue weighted by Crippen LogP contribution is -2.56. The molecule has 2 nitrogen and oxygen atoms in total. The lowest BCUT2D eigenvalue weighted by molar-refractivity contribution is -0.950. The van der Waals surface area contributed by atoms with E-state index in [0.717, 1.165) is 19.1 Å². The van der Waals surface area contributed by atoms with Gasteiger partial charge in [0, 0.05) is 11.5 Å². The minimum absolute atomic E-state index is 0.867. The van der Waals surface area contributed by atoms with Crippen molar-refractivity contribution in [1.29, 1.82) is 0 Å². The van der Waals surface area contributed by atoms with Gasteiger partial charge in [-0.3, -0.25) is 0 Å². The van der Waals surface area contributed by atoms with Gasteiger partial charge in [0.2, 0.25) is 0 Å². The largest absolute Gasteiger partial charge is 0.370 e. The minimum Gasteiger partial charge on any atom is -0.370 e. The fraction of sp³-hybridized carbons (Fsp3) is 0.684. The monoisotopic (exact) mass is 290 g/mol. The molecule has 1 heterocycles. The summed E-state index contributed by atoms with van der Waals surface area (Å²) in [6.07, 6.45) is 5.40. The van der Waals surface area contributed by atoms with Crippen LogP contribution in [-0.2, 0) is 11.3 Å². The Morgan fingerprint density at radius 1 is 1.10 bits per heavy atom. The third-order valence-electron chi connectivity index (χ3n) is 4.97. The second kappa shape index (κ2) is 8.55. The maximum absolute atomic E-state index is 5.64. The molecule has 1 aliphatic heterocycles. The molecule has 1 aromatic carbocycles. The van der Waals surface area contributed by atoms with Crippen molar-refractivity contribution in [3.8, 4) is 0 Å². The molecule has 1 saturated heterocycles. The average molecular weight is 290 g/mol. The van der Waals surface area contributed by atoms with Gasteiger partial charge in [-0.2, -0.15) is 0 Å². The molecule has 1 aliphatic rings. The molecule has 0 saturated carbocycles. The van der Waals surface area contributed by atoms with Gasteiger partial charge in [0.05, 0.1) is 19.8 Å². The van der Waals surface area contributed by atoms with Crippen molar-refractivity contribution in [2.24, 2.45) is 5.92 Å². The summed E-state index contributed by atoms with van der Waals surface area (Å²) in [4.78, 5) is 0. The number of hydrogen-bond donors (Lipinski definition) is 0. The number of morpholine rings is 1. The number of hydrogen-bond acceptors (Lipinski definition) is 1. The molecule has 0 aromatic heterocycles. The molecule has 0 bridgehead atoms. The normalized spacial score (nSPS) is 19.3. The van der Waals surface area contributed by atoms with Crippen molar-refractivity contribution in [2.75, 3.05) is 32.8 Å². The Morgan fingerprint density at radius 2 is 1.81 bits per heavy atom. The maximum Gasteiger partial charge on any atom is 0.104 e. The summed E-state index contributed by atoms with van der Waals surface area (Å²) in [6, 6.07) is 11.0. The standard InChI is InChI=1S/C19H32NO/c1-3-5-9-18(4-2)16-20(12-14-21-15-13-20)17-19-10-7-6-8-11-19/h6-8,10-11,18H,3-5,9,12-17H2,1-2H3/q+1. The lowest BCUT2D eigenvalue weighted by atomic mass is 9.96. The van der Waals surface area contributed by atoms with E-state index in [-0.39, 0.29) is 0 Å². The summed E-state index contributed by atoms with van der Waals surface area (Å²) in [5, 5.41) is 0. The van der Waals surface area contributed by atoms with Gasteiger partial charge in [0.25, 0.3) is 0 Å². The smallest absolute Gasteiger partial charge is 0.104 e. The first-order chi connectivity index (χ1) is 10.3. The Labute approximate surface area is 130 Å². The predicted octanol–water partition coefficient (Wildman–Crippen LogP) is 4.25. The van der Waals surface area contributed by atoms with Crippen LogP contribution < -0.4 is 0 Å². The molecule has 0 radical (unpaired) electrons. The molecule has 21 heavy (non-hydrogen) atoms. The van der Waals surface area contributed by atoms with Crippen LogP contribution in [0.25, 0.3) is 0 Å². The fourth-order valence-electron chi connectivity index (χ4n) is 3.57. The molecular formula is C19H32NO+. The van der Waals surface area contributed by atoms with Crippen molar-refractivity contribution in [3.05, 3.63) is 35.9 Å². The van der Waals surface area contributed by atoms with E-state index in [4.69, 9.17) is 4.74 Å². The lowest BCUT2D eigenvalue weighted by Gasteiger charge is -2.43. The molecule has 2 rings (SSSR count). The van der Waals surface area contributed by atoms with Crippen molar-refractivity contribution in [3.63, 3.8) is 0 Å². The Bertz CT molecular complexity index is 384. The molecule has 1 aromatic rings. The van der Waals surface area contributed by atoms with Gasteiger partial charge < -0.3 is 9.22 Å². The Morgan fingerprint density at radius 3 is 2.43 bits per heavy atom. The molecular weight excluding hydrogens is 258 g/mol. The van der Waals surface area contributed by atoms with E-state index in [1.54, 1.807) is 0 Å². The van der Waals surface area contributed by atoms with Crippen LogP contribution in [0.1, 0.15) is 45.1 Å². The predicted molar refractivity (Wildman–Crippen MR) is 89.1 cm³/mol. The first-order valence-corrected chi connectivity index (χ1v) is 8.75. The highest BCUT2D eigenvalue weighted by Crippen LogP contribution is 2.24. The van der Waals surface area contributed by atoms with Crippen molar-refractivity contribution >= 4 is 0 Å². The van der Waals surface area contributed by atoms with Gasteiger partial charge in [-0.15, -0.1) is 0 Å². The minimum atomic E-state index is 0.867. The first-order valence-electron chi connectivity index (χ1n) is 8.75. The molecule has 1 fully saturated rings. The third-order valence-corrected chi connectivity index (χ3v) is 4.97.